The summed E-state index contributed by atoms with van der Waals surface area (Å²) in [6.07, 6.45) is 0.243. The van der Waals surface area contributed by atoms with E-state index in [1.165, 1.54) is 0 Å². The first-order valence-corrected chi connectivity index (χ1v) is 8.56. The first kappa shape index (κ1) is 17.7. The van der Waals surface area contributed by atoms with Gasteiger partial charge >= 0.3 is 0 Å². The lowest BCUT2D eigenvalue weighted by molar-refractivity contribution is -0.121. The van der Waals surface area contributed by atoms with Gasteiger partial charge in [-0.05, 0) is 44.2 Å². The van der Waals surface area contributed by atoms with E-state index in [0.717, 1.165) is 5.56 Å². The zero-order valence-corrected chi connectivity index (χ0v) is 14.8. The minimum atomic E-state index is -0.248. The van der Waals surface area contributed by atoms with Crippen molar-refractivity contribution in [2.75, 3.05) is 6.54 Å². The molecule has 0 atom stereocenters. The second kappa shape index (κ2) is 7.82. The van der Waals surface area contributed by atoms with Gasteiger partial charge in [0.2, 0.25) is 11.8 Å². The molecule has 2 N–H and O–H groups in total. The zero-order chi connectivity index (χ0) is 18.5. The van der Waals surface area contributed by atoms with Gasteiger partial charge in [-0.25, -0.2) is 4.98 Å². The van der Waals surface area contributed by atoms with Crippen LogP contribution in [-0.4, -0.2) is 29.4 Å². The van der Waals surface area contributed by atoms with Gasteiger partial charge in [0, 0.05) is 30.1 Å². The summed E-state index contributed by atoms with van der Waals surface area (Å²) >= 11 is 0. The molecular weight excluding hydrogens is 330 g/mol. The fourth-order valence-corrected chi connectivity index (χ4v) is 2.56. The predicted molar refractivity (Wildman–Crippen MR) is 99.7 cm³/mol. The molecule has 0 aliphatic heterocycles. The summed E-state index contributed by atoms with van der Waals surface area (Å²) in [5.41, 5.74) is 2.59. The summed E-state index contributed by atoms with van der Waals surface area (Å²) in [6, 6.07) is 14.8. The van der Waals surface area contributed by atoms with Crippen LogP contribution >= 0.6 is 0 Å². The van der Waals surface area contributed by atoms with E-state index in [1.54, 1.807) is 18.2 Å². The monoisotopic (exact) mass is 351 g/mol. The van der Waals surface area contributed by atoms with Crippen LogP contribution in [0, 0.1) is 0 Å². The molecule has 6 nitrogen and oxygen atoms in total. The van der Waals surface area contributed by atoms with Gasteiger partial charge in [-0.1, -0.05) is 18.2 Å². The fourth-order valence-electron chi connectivity index (χ4n) is 2.56. The largest absolute Gasteiger partial charge is 0.436 e. The molecule has 0 saturated carbocycles. The number of nitrogens with zero attached hydrogens (tertiary/aromatic N) is 1. The molecule has 1 heterocycles. The quantitative estimate of drug-likeness (QED) is 0.714. The summed E-state index contributed by atoms with van der Waals surface area (Å²) in [5, 5.41) is 5.53. The van der Waals surface area contributed by atoms with E-state index in [4.69, 9.17) is 4.42 Å². The second-order valence-corrected chi connectivity index (χ2v) is 6.30. The first-order chi connectivity index (χ1) is 12.5. The topological polar surface area (TPSA) is 84.2 Å². The third kappa shape index (κ3) is 4.27. The van der Waals surface area contributed by atoms with Crippen molar-refractivity contribution in [1.82, 2.24) is 15.6 Å². The van der Waals surface area contributed by atoms with Crippen molar-refractivity contribution in [1.29, 1.82) is 0 Å². The lowest BCUT2D eigenvalue weighted by atomic mass is 10.2. The Morgan fingerprint density at radius 1 is 1.12 bits per heavy atom. The number of amides is 2. The van der Waals surface area contributed by atoms with E-state index in [1.807, 2.05) is 44.2 Å². The Bertz CT molecular complexity index is 916. The van der Waals surface area contributed by atoms with Gasteiger partial charge in [0.25, 0.3) is 5.91 Å². The maximum atomic E-state index is 12.3. The Balaban J connectivity index is 1.67. The highest BCUT2D eigenvalue weighted by Gasteiger charge is 2.12. The Morgan fingerprint density at radius 3 is 2.62 bits per heavy atom. The number of nitrogens with one attached hydrogen (secondary N) is 2. The summed E-state index contributed by atoms with van der Waals surface area (Å²) in [4.78, 5) is 28.3. The van der Waals surface area contributed by atoms with Crippen LogP contribution in [0.25, 0.3) is 22.6 Å². The molecule has 6 heteroatoms. The van der Waals surface area contributed by atoms with Gasteiger partial charge in [-0.2, -0.15) is 0 Å². The molecule has 2 aromatic carbocycles. The first-order valence-electron chi connectivity index (χ1n) is 8.56. The maximum absolute atomic E-state index is 12.3. The second-order valence-electron chi connectivity index (χ2n) is 6.30. The van der Waals surface area contributed by atoms with Crippen molar-refractivity contribution in [3.63, 3.8) is 0 Å². The van der Waals surface area contributed by atoms with E-state index in [-0.39, 0.29) is 30.8 Å². The molecule has 0 fully saturated rings. The Labute approximate surface area is 151 Å². The van der Waals surface area contributed by atoms with Gasteiger partial charge in [0.05, 0.1) is 0 Å². The third-order valence-corrected chi connectivity index (χ3v) is 3.76. The smallest absolute Gasteiger partial charge is 0.251 e. The maximum Gasteiger partial charge on any atom is 0.251 e. The molecule has 2 amide bonds. The number of benzene rings is 2. The number of carbonyl (C=O) groups excluding carboxylic acids is 2. The molecule has 3 rings (SSSR count). The Hall–Kier alpha value is -3.15. The van der Waals surface area contributed by atoms with E-state index < -0.39 is 0 Å². The SMILES string of the molecule is CC(C)NC(=O)CCNC(=O)c1ccc2nc(-c3ccccc3)oc2c1. The highest BCUT2D eigenvalue weighted by Crippen LogP contribution is 2.24. The zero-order valence-electron chi connectivity index (χ0n) is 14.8. The van der Waals surface area contributed by atoms with Crippen LogP contribution in [0.15, 0.2) is 52.9 Å². The van der Waals surface area contributed by atoms with Crippen molar-refractivity contribution >= 4 is 22.9 Å². The molecule has 26 heavy (non-hydrogen) atoms. The molecule has 0 aliphatic carbocycles. The van der Waals surface area contributed by atoms with Gasteiger partial charge in [0.1, 0.15) is 5.52 Å². The van der Waals surface area contributed by atoms with E-state index in [0.29, 0.717) is 22.6 Å². The lowest BCUT2D eigenvalue weighted by Gasteiger charge is -2.08. The van der Waals surface area contributed by atoms with Crippen molar-refractivity contribution < 1.29 is 14.0 Å². The molecule has 0 spiro atoms. The van der Waals surface area contributed by atoms with Crippen molar-refractivity contribution in [2.45, 2.75) is 26.3 Å². The molecule has 0 unspecified atom stereocenters. The number of oxazole rings is 1. The van der Waals surface area contributed by atoms with Crippen LogP contribution < -0.4 is 10.6 Å². The fraction of sp³-hybridized carbons (Fsp3) is 0.250. The van der Waals surface area contributed by atoms with E-state index in [2.05, 4.69) is 15.6 Å². The van der Waals surface area contributed by atoms with Gasteiger partial charge in [-0.3, -0.25) is 9.59 Å². The van der Waals surface area contributed by atoms with E-state index >= 15 is 0 Å². The predicted octanol–water partition coefficient (Wildman–Crippen LogP) is 3.14. The molecule has 134 valence electrons. The summed E-state index contributed by atoms with van der Waals surface area (Å²) in [6.45, 7) is 4.07. The van der Waals surface area contributed by atoms with Crippen molar-refractivity contribution in [2.24, 2.45) is 0 Å². The van der Waals surface area contributed by atoms with Gasteiger partial charge in [0.15, 0.2) is 5.58 Å². The number of hydrogen-bond acceptors (Lipinski definition) is 4. The van der Waals surface area contributed by atoms with Crippen LogP contribution in [0.4, 0.5) is 0 Å². The van der Waals surface area contributed by atoms with Crippen LogP contribution in [0.5, 0.6) is 0 Å². The number of hydrogen-bond donors (Lipinski definition) is 2. The number of fused-ring (bicyclic) bond motifs is 1. The minimum absolute atomic E-state index is 0.0847. The van der Waals surface area contributed by atoms with Crippen LogP contribution in [0.3, 0.4) is 0 Å². The normalized spacial score (nSPS) is 10.9. The molecule has 1 aromatic heterocycles. The summed E-state index contributed by atoms with van der Waals surface area (Å²) in [5.74, 6) is 0.184. The number of aromatic nitrogens is 1. The lowest BCUT2D eigenvalue weighted by Crippen LogP contribution is -2.34. The molecule has 0 saturated heterocycles. The number of carbonyl (C=O) groups is 2. The summed E-state index contributed by atoms with van der Waals surface area (Å²) in [7, 11) is 0. The number of rotatable bonds is 6. The minimum Gasteiger partial charge on any atom is -0.436 e. The van der Waals surface area contributed by atoms with Crippen LogP contribution in [-0.2, 0) is 4.79 Å². The van der Waals surface area contributed by atoms with E-state index in [9.17, 15) is 9.59 Å². The van der Waals surface area contributed by atoms with Gasteiger partial charge in [-0.15, -0.1) is 0 Å². The standard InChI is InChI=1S/C20H21N3O3/c1-13(2)22-18(24)10-11-21-19(25)15-8-9-16-17(12-15)26-20(23-16)14-6-4-3-5-7-14/h3-9,12-13H,10-11H2,1-2H3,(H,21,25)(H,22,24). The highest BCUT2D eigenvalue weighted by molar-refractivity contribution is 5.97. The average molecular weight is 351 g/mol. The molecule has 0 aliphatic rings. The highest BCUT2D eigenvalue weighted by atomic mass is 16.3. The van der Waals surface area contributed by atoms with Crippen molar-refractivity contribution in [3.8, 4) is 11.5 Å². The Kier molecular flexibility index (Phi) is 5.31. The average Bonchev–Trinajstić information content (AvgIpc) is 3.05. The van der Waals surface area contributed by atoms with Crippen LogP contribution in [0.2, 0.25) is 0 Å². The third-order valence-electron chi connectivity index (χ3n) is 3.76. The molecule has 0 radical (unpaired) electrons. The molecular formula is C20H21N3O3. The molecule has 0 bridgehead atoms. The van der Waals surface area contributed by atoms with Gasteiger partial charge < -0.3 is 15.1 Å². The van der Waals surface area contributed by atoms with Crippen molar-refractivity contribution in [3.05, 3.63) is 54.1 Å². The summed E-state index contributed by atoms with van der Waals surface area (Å²) < 4.78 is 5.78. The van der Waals surface area contributed by atoms with Crippen LogP contribution in [0.1, 0.15) is 30.6 Å². The molecule has 3 aromatic rings. The Morgan fingerprint density at radius 2 is 1.88 bits per heavy atom.